The number of benzene rings is 1. The number of alkyl halides is 1. The second kappa shape index (κ2) is 2.70. The molecule has 0 N–H and O–H groups in total. The van der Waals surface area contributed by atoms with Gasteiger partial charge in [-0.2, -0.15) is 0 Å². The predicted molar refractivity (Wildman–Crippen MR) is 48.2 cm³/mol. The van der Waals surface area contributed by atoms with Crippen LogP contribution in [0.3, 0.4) is 0 Å². The Balaban J connectivity index is 2.54. The summed E-state index contributed by atoms with van der Waals surface area (Å²) in [4.78, 5) is 0. The fourth-order valence-electron chi connectivity index (χ4n) is 1.12. The van der Waals surface area contributed by atoms with Crippen molar-refractivity contribution >= 4 is 22.0 Å². The molecule has 1 aliphatic rings. The molecular formula is C9H7BrO. The summed E-state index contributed by atoms with van der Waals surface area (Å²) in [7, 11) is 0. The van der Waals surface area contributed by atoms with Crippen LogP contribution in [0.5, 0.6) is 0 Å². The second-order valence-electron chi connectivity index (χ2n) is 2.38. The summed E-state index contributed by atoms with van der Waals surface area (Å²) < 4.78 is 5.24. The number of rotatable bonds is 0. The van der Waals surface area contributed by atoms with Gasteiger partial charge < -0.3 is 4.74 Å². The van der Waals surface area contributed by atoms with E-state index >= 15 is 0 Å². The van der Waals surface area contributed by atoms with Gasteiger partial charge in [-0.05, 0) is 27.6 Å². The van der Waals surface area contributed by atoms with Crippen LogP contribution in [-0.4, -0.2) is 0 Å². The lowest BCUT2D eigenvalue weighted by molar-refractivity contribution is 0.230. The van der Waals surface area contributed by atoms with Gasteiger partial charge in [-0.15, -0.1) is 0 Å². The van der Waals surface area contributed by atoms with Crippen LogP contribution in [0, 0.1) is 0 Å². The van der Waals surface area contributed by atoms with Gasteiger partial charge in [-0.1, -0.05) is 24.3 Å². The molecule has 0 saturated carbocycles. The van der Waals surface area contributed by atoms with Gasteiger partial charge in [0.05, 0.1) is 6.26 Å². The van der Waals surface area contributed by atoms with Crippen molar-refractivity contribution in [3.05, 3.63) is 41.7 Å². The zero-order valence-electron chi connectivity index (χ0n) is 5.83. The summed E-state index contributed by atoms with van der Waals surface area (Å²) in [6, 6.07) is 8.16. The molecule has 0 aromatic heterocycles. The molecule has 56 valence electrons. The number of halogens is 1. The Morgan fingerprint density at radius 3 is 2.91 bits per heavy atom. The molecule has 0 saturated heterocycles. The van der Waals surface area contributed by atoms with Crippen molar-refractivity contribution in [3.63, 3.8) is 0 Å². The molecule has 1 heterocycles. The summed E-state index contributed by atoms with van der Waals surface area (Å²) in [5, 5.41) is 0.0173. The van der Waals surface area contributed by atoms with E-state index < -0.39 is 0 Å². The van der Waals surface area contributed by atoms with Crippen molar-refractivity contribution in [2.24, 2.45) is 0 Å². The van der Waals surface area contributed by atoms with E-state index in [0.717, 1.165) is 0 Å². The molecule has 1 atom stereocenters. The van der Waals surface area contributed by atoms with Crippen molar-refractivity contribution in [2.45, 2.75) is 5.01 Å². The van der Waals surface area contributed by atoms with Gasteiger partial charge >= 0.3 is 0 Å². The summed E-state index contributed by atoms with van der Waals surface area (Å²) in [5.41, 5.74) is 2.41. The average Bonchev–Trinajstić information content (AvgIpc) is 2.06. The molecule has 0 aliphatic carbocycles. The Hall–Kier alpha value is -0.760. The molecule has 0 bridgehead atoms. The van der Waals surface area contributed by atoms with E-state index in [2.05, 4.69) is 28.1 Å². The normalized spacial score (nSPS) is 20.6. The lowest BCUT2D eigenvalue weighted by Gasteiger charge is -2.16. The third kappa shape index (κ3) is 1.18. The fraction of sp³-hybridized carbons (Fsp3) is 0.111. The zero-order valence-corrected chi connectivity index (χ0v) is 7.41. The summed E-state index contributed by atoms with van der Waals surface area (Å²) in [6.07, 6.45) is 3.68. The Morgan fingerprint density at radius 1 is 1.27 bits per heavy atom. The van der Waals surface area contributed by atoms with Gasteiger partial charge in [0.25, 0.3) is 0 Å². The van der Waals surface area contributed by atoms with Crippen LogP contribution in [0.15, 0.2) is 30.5 Å². The Kier molecular flexibility index (Phi) is 1.70. The first kappa shape index (κ1) is 6.92. The van der Waals surface area contributed by atoms with Gasteiger partial charge in [0, 0.05) is 5.56 Å². The van der Waals surface area contributed by atoms with Gasteiger partial charge in [0.2, 0.25) is 0 Å². The van der Waals surface area contributed by atoms with Crippen LogP contribution in [0.25, 0.3) is 6.08 Å². The molecule has 1 unspecified atom stereocenters. The van der Waals surface area contributed by atoms with E-state index in [1.165, 1.54) is 11.1 Å². The van der Waals surface area contributed by atoms with E-state index in [-0.39, 0.29) is 5.01 Å². The lowest BCUT2D eigenvalue weighted by atomic mass is 10.1. The molecular weight excluding hydrogens is 204 g/mol. The van der Waals surface area contributed by atoms with Crippen molar-refractivity contribution in [1.82, 2.24) is 0 Å². The number of ether oxygens (including phenoxy) is 1. The molecule has 2 heteroatoms. The topological polar surface area (TPSA) is 9.23 Å². The maximum atomic E-state index is 5.24. The molecule has 11 heavy (non-hydrogen) atoms. The van der Waals surface area contributed by atoms with E-state index in [1.807, 2.05) is 18.2 Å². The maximum Gasteiger partial charge on any atom is 0.178 e. The van der Waals surface area contributed by atoms with Crippen molar-refractivity contribution in [1.29, 1.82) is 0 Å². The Bertz CT molecular complexity index is 293. The third-order valence-electron chi connectivity index (χ3n) is 1.69. The smallest absolute Gasteiger partial charge is 0.178 e. The zero-order chi connectivity index (χ0) is 7.68. The Labute approximate surface area is 73.8 Å². The third-order valence-corrected chi connectivity index (χ3v) is 2.40. The molecule has 1 nitrogen and oxygen atoms in total. The van der Waals surface area contributed by atoms with E-state index in [4.69, 9.17) is 4.74 Å². The highest BCUT2D eigenvalue weighted by molar-refractivity contribution is 9.09. The quantitative estimate of drug-likeness (QED) is 0.599. The minimum atomic E-state index is 0.0173. The van der Waals surface area contributed by atoms with E-state index in [0.29, 0.717) is 0 Å². The summed E-state index contributed by atoms with van der Waals surface area (Å²) in [6.45, 7) is 0. The highest BCUT2D eigenvalue weighted by Crippen LogP contribution is 2.31. The Morgan fingerprint density at radius 2 is 2.09 bits per heavy atom. The standard InChI is InChI=1S/C9H7BrO/c10-9-8-4-2-1-3-7(8)5-6-11-9/h1-6,9H. The van der Waals surface area contributed by atoms with Crippen molar-refractivity contribution in [3.8, 4) is 0 Å². The second-order valence-corrected chi connectivity index (χ2v) is 3.22. The average molecular weight is 211 g/mol. The van der Waals surface area contributed by atoms with E-state index in [9.17, 15) is 0 Å². The largest absolute Gasteiger partial charge is 0.482 e. The van der Waals surface area contributed by atoms with Crippen molar-refractivity contribution < 1.29 is 4.74 Å². The monoisotopic (exact) mass is 210 g/mol. The van der Waals surface area contributed by atoms with Crippen LogP contribution in [-0.2, 0) is 4.74 Å². The summed E-state index contributed by atoms with van der Waals surface area (Å²) in [5.74, 6) is 0. The van der Waals surface area contributed by atoms with Crippen LogP contribution < -0.4 is 0 Å². The first-order valence-electron chi connectivity index (χ1n) is 3.43. The number of fused-ring (bicyclic) bond motifs is 1. The number of hydrogen-bond acceptors (Lipinski definition) is 1. The highest BCUT2D eigenvalue weighted by Gasteiger charge is 2.12. The first-order valence-corrected chi connectivity index (χ1v) is 4.34. The molecule has 2 rings (SSSR count). The van der Waals surface area contributed by atoms with Gasteiger partial charge in [-0.25, -0.2) is 0 Å². The van der Waals surface area contributed by atoms with Gasteiger partial charge in [0.1, 0.15) is 0 Å². The van der Waals surface area contributed by atoms with Crippen LogP contribution in [0.4, 0.5) is 0 Å². The van der Waals surface area contributed by atoms with E-state index in [1.54, 1.807) is 6.26 Å². The summed E-state index contributed by atoms with van der Waals surface area (Å²) >= 11 is 3.41. The highest BCUT2D eigenvalue weighted by atomic mass is 79.9. The minimum absolute atomic E-state index is 0.0173. The van der Waals surface area contributed by atoms with Crippen LogP contribution in [0.1, 0.15) is 16.1 Å². The van der Waals surface area contributed by atoms with Crippen LogP contribution >= 0.6 is 15.9 Å². The maximum absolute atomic E-state index is 5.24. The molecule has 0 radical (unpaired) electrons. The molecule has 0 amide bonds. The SMILES string of the molecule is BrC1OC=Cc2ccccc21. The minimum Gasteiger partial charge on any atom is -0.482 e. The lowest BCUT2D eigenvalue weighted by Crippen LogP contribution is -1.98. The molecule has 1 aliphatic heterocycles. The van der Waals surface area contributed by atoms with Gasteiger partial charge in [-0.3, -0.25) is 0 Å². The van der Waals surface area contributed by atoms with Crippen molar-refractivity contribution in [2.75, 3.05) is 0 Å². The molecule has 1 aromatic carbocycles. The van der Waals surface area contributed by atoms with Crippen LogP contribution in [0.2, 0.25) is 0 Å². The van der Waals surface area contributed by atoms with Gasteiger partial charge in [0.15, 0.2) is 5.01 Å². The predicted octanol–water partition coefficient (Wildman–Crippen LogP) is 3.08. The fourth-order valence-corrected chi connectivity index (χ4v) is 1.67. The number of hydrogen-bond donors (Lipinski definition) is 0. The first-order chi connectivity index (χ1) is 5.38. The molecule has 0 spiro atoms. The molecule has 1 aromatic rings. The molecule has 0 fully saturated rings.